The normalized spacial score (nSPS) is 34.4. The van der Waals surface area contributed by atoms with Crippen molar-refractivity contribution in [3.63, 3.8) is 0 Å². The lowest BCUT2D eigenvalue weighted by Crippen LogP contribution is -2.55. The molecule has 50 heavy (non-hydrogen) atoms. The molecule has 8 aliphatic carbocycles. The van der Waals surface area contributed by atoms with Crippen LogP contribution in [0.15, 0.2) is 92.3 Å². The molecule has 0 radical (unpaired) electrons. The molecule has 0 aromatic heterocycles. The quantitative estimate of drug-likeness (QED) is 0.198. The molecule has 8 aliphatic rings. The van der Waals surface area contributed by atoms with E-state index in [1.807, 2.05) is 30.3 Å². The number of halogens is 6. The fraction of sp³-hybridized carbons (Fsp3) is 0.538. The van der Waals surface area contributed by atoms with Crippen LogP contribution in [0, 0.1) is 29.6 Å². The summed E-state index contributed by atoms with van der Waals surface area (Å²) < 4.78 is 61.1. The summed E-state index contributed by atoms with van der Waals surface area (Å²) in [6.45, 7) is 0. The van der Waals surface area contributed by atoms with Gasteiger partial charge in [-0.2, -0.15) is 21.6 Å². The zero-order valence-corrected chi connectivity index (χ0v) is 33.3. The van der Waals surface area contributed by atoms with E-state index in [0.717, 1.165) is 53.3 Å². The van der Waals surface area contributed by atoms with Gasteiger partial charge in [-0.3, -0.25) is 4.55 Å². The number of hydrogen-bond donors (Lipinski definition) is 2. The van der Waals surface area contributed by atoms with Crippen molar-refractivity contribution in [1.29, 1.82) is 0 Å². The Bertz CT molecular complexity index is 1600. The standard InChI is InChI=1S/C22H22Br2.C10H16O.C6H5Br.CHF3O3S/c23-19-5-1-17(2-6-19)21-10-15-9-16(11-21)13-22(12-15,14-21)18-3-7-20(24)8-4-18;11-10-4-7-1-8(5-10)3-9(2-7)6-10;7-6-4-2-1-3-5-6;2-1(3,4)8(5,6)7/h1-8,15-16H,9-14H2;7-9,11H,1-6H2;1-5H;(H,5,6,7). The summed E-state index contributed by atoms with van der Waals surface area (Å²) in [4.78, 5) is 0. The summed E-state index contributed by atoms with van der Waals surface area (Å²) in [6.07, 6.45) is 16.1. The van der Waals surface area contributed by atoms with E-state index < -0.39 is 15.6 Å². The highest BCUT2D eigenvalue weighted by molar-refractivity contribution is 9.11. The molecule has 0 saturated heterocycles. The minimum atomic E-state index is -5.84. The van der Waals surface area contributed by atoms with Gasteiger partial charge in [-0.25, -0.2) is 0 Å². The van der Waals surface area contributed by atoms with Crippen molar-refractivity contribution < 1.29 is 31.2 Å². The maximum atomic E-state index is 10.7. The fourth-order valence-electron chi connectivity index (χ4n) is 11.0. The maximum absolute atomic E-state index is 10.7. The molecule has 11 heteroatoms. The van der Waals surface area contributed by atoms with Gasteiger partial charge in [0.05, 0.1) is 5.60 Å². The molecular weight excluding hydrogens is 861 g/mol. The van der Waals surface area contributed by atoms with E-state index in [1.54, 1.807) is 11.1 Å². The lowest BCUT2D eigenvalue weighted by Gasteiger charge is -2.62. The number of alkyl halides is 3. The number of rotatable bonds is 2. The van der Waals surface area contributed by atoms with Crippen molar-refractivity contribution >= 4 is 57.9 Å². The Morgan fingerprint density at radius 3 is 1.16 bits per heavy atom. The van der Waals surface area contributed by atoms with Gasteiger partial charge in [-0.05, 0) is 165 Å². The molecule has 8 saturated carbocycles. The zero-order chi connectivity index (χ0) is 36.0. The Morgan fingerprint density at radius 1 is 0.560 bits per heavy atom. The van der Waals surface area contributed by atoms with Crippen LogP contribution >= 0.6 is 47.8 Å². The summed E-state index contributed by atoms with van der Waals surface area (Å²) in [5.41, 5.74) is -1.74. The Kier molecular flexibility index (Phi) is 11.5. The van der Waals surface area contributed by atoms with Gasteiger partial charge in [0.15, 0.2) is 0 Å². The fourth-order valence-corrected chi connectivity index (χ4v) is 11.9. The average molecular weight is 906 g/mol. The van der Waals surface area contributed by atoms with Crippen LogP contribution in [-0.2, 0) is 20.9 Å². The predicted molar refractivity (Wildman–Crippen MR) is 201 cm³/mol. The Labute approximate surface area is 319 Å². The monoisotopic (exact) mass is 902 g/mol. The molecule has 8 fully saturated rings. The highest BCUT2D eigenvalue weighted by atomic mass is 79.9. The summed E-state index contributed by atoms with van der Waals surface area (Å²) in [5, 5.41) is 10.1. The third-order valence-electron chi connectivity index (χ3n) is 12.0. The van der Waals surface area contributed by atoms with Crippen LogP contribution < -0.4 is 0 Å². The molecule has 0 amide bonds. The molecule has 3 aromatic carbocycles. The second-order valence-corrected chi connectivity index (χ2v) is 20.1. The minimum absolute atomic E-state index is 0.200. The Morgan fingerprint density at radius 2 is 0.880 bits per heavy atom. The second-order valence-electron chi connectivity index (χ2n) is 15.9. The summed E-state index contributed by atoms with van der Waals surface area (Å²) in [5.74, 6) is 4.51. The van der Waals surface area contributed by atoms with E-state index in [4.69, 9.17) is 13.0 Å². The molecule has 0 heterocycles. The second kappa shape index (κ2) is 14.9. The molecule has 0 spiro atoms. The van der Waals surface area contributed by atoms with E-state index in [0.29, 0.717) is 10.8 Å². The third kappa shape index (κ3) is 8.92. The van der Waals surface area contributed by atoms with E-state index in [9.17, 15) is 18.3 Å². The van der Waals surface area contributed by atoms with Gasteiger partial charge in [0, 0.05) is 13.4 Å². The van der Waals surface area contributed by atoms with E-state index >= 15 is 0 Å². The van der Waals surface area contributed by atoms with Crippen LogP contribution in [0.4, 0.5) is 13.2 Å². The molecule has 11 rings (SSSR count). The zero-order valence-electron chi connectivity index (χ0n) is 27.8. The Balaban J connectivity index is 0.000000137. The largest absolute Gasteiger partial charge is 0.522 e. The van der Waals surface area contributed by atoms with Gasteiger partial charge in [0.25, 0.3) is 0 Å². The first-order valence-corrected chi connectivity index (χ1v) is 21.3. The van der Waals surface area contributed by atoms with Gasteiger partial charge in [-0.15, -0.1) is 0 Å². The minimum Gasteiger partial charge on any atom is -0.390 e. The average Bonchev–Trinajstić information content (AvgIpc) is 3.00. The molecule has 2 N–H and O–H groups in total. The molecule has 0 unspecified atom stereocenters. The van der Waals surface area contributed by atoms with Crippen molar-refractivity contribution in [2.75, 3.05) is 0 Å². The van der Waals surface area contributed by atoms with Crippen molar-refractivity contribution in [1.82, 2.24) is 0 Å². The van der Waals surface area contributed by atoms with Crippen molar-refractivity contribution in [3.05, 3.63) is 103 Å². The lowest BCUT2D eigenvalue weighted by atomic mass is 9.42. The van der Waals surface area contributed by atoms with Crippen LogP contribution in [0.25, 0.3) is 0 Å². The lowest BCUT2D eigenvalue weighted by molar-refractivity contribution is -0.124. The van der Waals surface area contributed by atoms with Crippen LogP contribution in [0.2, 0.25) is 0 Å². The van der Waals surface area contributed by atoms with Gasteiger partial charge < -0.3 is 5.11 Å². The Hall–Kier alpha value is -1.24. The smallest absolute Gasteiger partial charge is 0.390 e. The molecule has 272 valence electrons. The van der Waals surface area contributed by atoms with E-state index in [1.165, 1.54) is 66.7 Å². The first kappa shape index (κ1) is 38.5. The number of hydrogen-bond acceptors (Lipinski definition) is 3. The van der Waals surface area contributed by atoms with Crippen LogP contribution in [0.3, 0.4) is 0 Å². The molecule has 8 bridgehead atoms. The van der Waals surface area contributed by atoms with Crippen LogP contribution in [0.5, 0.6) is 0 Å². The predicted octanol–water partition coefficient (Wildman–Crippen LogP) is 11.8. The van der Waals surface area contributed by atoms with E-state index in [2.05, 4.69) is 96.3 Å². The van der Waals surface area contributed by atoms with Gasteiger partial charge >= 0.3 is 15.6 Å². The van der Waals surface area contributed by atoms with Crippen LogP contribution in [-0.4, -0.2) is 29.2 Å². The summed E-state index contributed by atoms with van der Waals surface area (Å²) >= 11 is 10.5. The first-order chi connectivity index (χ1) is 23.4. The molecular formula is C39H44Br3F3O4S. The van der Waals surface area contributed by atoms with Gasteiger partial charge in [-0.1, -0.05) is 90.3 Å². The van der Waals surface area contributed by atoms with Crippen molar-refractivity contribution in [2.45, 2.75) is 99.0 Å². The molecule has 4 nitrogen and oxygen atoms in total. The summed E-state index contributed by atoms with van der Waals surface area (Å²) in [7, 11) is -5.84. The molecule has 0 aliphatic heterocycles. The highest BCUT2D eigenvalue weighted by Crippen LogP contribution is 2.66. The van der Waals surface area contributed by atoms with Crippen LogP contribution in [0.1, 0.15) is 88.2 Å². The third-order valence-corrected chi connectivity index (χ3v) is 14.2. The number of benzene rings is 3. The van der Waals surface area contributed by atoms with E-state index in [-0.39, 0.29) is 5.60 Å². The van der Waals surface area contributed by atoms with Crippen molar-refractivity contribution in [3.8, 4) is 0 Å². The first-order valence-electron chi connectivity index (χ1n) is 17.4. The van der Waals surface area contributed by atoms with Gasteiger partial charge in [0.1, 0.15) is 0 Å². The topological polar surface area (TPSA) is 74.6 Å². The van der Waals surface area contributed by atoms with Crippen molar-refractivity contribution in [2.24, 2.45) is 29.6 Å². The molecule has 0 atom stereocenters. The summed E-state index contributed by atoms with van der Waals surface area (Å²) in [6, 6.07) is 28.4. The van der Waals surface area contributed by atoms with Gasteiger partial charge in [0.2, 0.25) is 0 Å². The highest BCUT2D eigenvalue weighted by Gasteiger charge is 2.58. The maximum Gasteiger partial charge on any atom is 0.522 e. The number of aliphatic hydroxyl groups is 1. The molecule has 3 aromatic rings. The SMILES string of the molecule is Brc1ccc(C23CC4CC(C2)CC(c2ccc(Br)cc2)(C4)C3)cc1.Brc1ccccc1.O=S(=O)(O)C(F)(F)F.OC12CC3CC(CC(C3)C1)C2.